The zero-order valence-corrected chi connectivity index (χ0v) is 15.6. The molecule has 1 aromatic rings. The van der Waals surface area contributed by atoms with Crippen LogP contribution in [0.25, 0.3) is 0 Å². The summed E-state index contributed by atoms with van der Waals surface area (Å²) in [6.45, 7) is 6.33. The van der Waals surface area contributed by atoms with Crippen molar-refractivity contribution in [2.75, 3.05) is 32.7 Å². The summed E-state index contributed by atoms with van der Waals surface area (Å²) in [7, 11) is -3.51. The van der Waals surface area contributed by atoms with Gasteiger partial charge in [-0.05, 0) is 37.6 Å². The summed E-state index contributed by atoms with van der Waals surface area (Å²) >= 11 is 5.81. The molecule has 1 saturated heterocycles. The second-order valence-corrected chi connectivity index (χ2v) is 8.24. The van der Waals surface area contributed by atoms with Gasteiger partial charge in [0.25, 0.3) is 0 Å². The van der Waals surface area contributed by atoms with E-state index in [9.17, 15) is 13.2 Å². The Kier molecular flexibility index (Phi) is 6.62. The van der Waals surface area contributed by atoms with E-state index in [0.29, 0.717) is 37.7 Å². The van der Waals surface area contributed by atoms with E-state index in [2.05, 4.69) is 5.32 Å². The Labute approximate surface area is 148 Å². The van der Waals surface area contributed by atoms with E-state index in [1.807, 2.05) is 18.7 Å². The number of rotatable bonds is 6. The summed E-state index contributed by atoms with van der Waals surface area (Å²) in [5.41, 5.74) is 0. The van der Waals surface area contributed by atoms with Crippen LogP contribution in [0.5, 0.6) is 0 Å². The minimum atomic E-state index is -3.51. The molecule has 0 bridgehead atoms. The molecule has 2 rings (SSSR count). The summed E-state index contributed by atoms with van der Waals surface area (Å²) in [4.78, 5) is 14.3. The van der Waals surface area contributed by atoms with Crippen molar-refractivity contribution in [3.05, 3.63) is 29.3 Å². The molecule has 134 valence electrons. The highest BCUT2D eigenvalue weighted by atomic mass is 35.5. The van der Waals surface area contributed by atoms with Crippen LogP contribution >= 0.6 is 11.6 Å². The van der Waals surface area contributed by atoms with Crippen LogP contribution in [-0.2, 0) is 14.8 Å². The first-order valence-corrected chi connectivity index (χ1v) is 9.95. The molecule has 1 aliphatic heterocycles. The molecule has 0 radical (unpaired) electrons. The second kappa shape index (κ2) is 8.29. The number of carbonyl (C=O) groups excluding carboxylic acids is 1. The maximum absolute atomic E-state index is 12.6. The number of sulfonamides is 1. The summed E-state index contributed by atoms with van der Waals surface area (Å²) in [6, 6.07) is 5.93. The van der Waals surface area contributed by atoms with Gasteiger partial charge in [0, 0.05) is 37.7 Å². The van der Waals surface area contributed by atoms with Gasteiger partial charge in [-0.1, -0.05) is 18.5 Å². The van der Waals surface area contributed by atoms with E-state index >= 15 is 0 Å². The molecule has 6 nitrogen and oxygen atoms in total. The Morgan fingerprint density at radius 1 is 1.21 bits per heavy atom. The number of nitrogens with zero attached hydrogens (tertiary/aromatic N) is 2. The van der Waals surface area contributed by atoms with Crippen LogP contribution in [0.4, 0.5) is 0 Å². The lowest BCUT2D eigenvalue weighted by atomic mass is 10.2. The summed E-state index contributed by atoms with van der Waals surface area (Å²) < 4.78 is 26.7. The molecular weight excluding hydrogens is 350 g/mol. The lowest BCUT2D eigenvalue weighted by molar-refractivity contribution is -0.126. The largest absolute Gasteiger partial charge is 0.355 e. The van der Waals surface area contributed by atoms with Crippen molar-refractivity contribution in [3.8, 4) is 0 Å². The number of benzene rings is 1. The fraction of sp³-hybridized carbons (Fsp3) is 0.562. The third kappa shape index (κ3) is 4.47. The molecule has 1 N–H and O–H groups in total. The molecule has 1 fully saturated rings. The van der Waals surface area contributed by atoms with Crippen molar-refractivity contribution in [1.29, 1.82) is 0 Å². The average molecular weight is 374 g/mol. The van der Waals surface area contributed by atoms with E-state index in [0.717, 1.165) is 6.42 Å². The van der Waals surface area contributed by atoms with Crippen molar-refractivity contribution < 1.29 is 13.2 Å². The van der Waals surface area contributed by atoms with Gasteiger partial charge in [-0.15, -0.1) is 0 Å². The highest BCUT2D eigenvalue weighted by Crippen LogP contribution is 2.20. The monoisotopic (exact) mass is 373 g/mol. The number of hydrogen-bond acceptors (Lipinski definition) is 4. The SMILES string of the molecule is CCCNC(=O)[C@@H](C)N1CCN(S(=O)(=O)c2ccc(Cl)cc2)CC1. The summed E-state index contributed by atoms with van der Waals surface area (Å²) in [5.74, 6) is -0.00846. The van der Waals surface area contributed by atoms with Crippen molar-refractivity contribution in [2.24, 2.45) is 0 Å². The molecular formula is C16H24ClN3O3S. The molecule has 0 spiro atoms. The quantitative estimate of drug-likeness (QED) is 0.821. The minimum Gasteiger partial charge on any atom is -0.355 e. The van der Waals surface area contributed by atoms with Gasteiger partial charge in [-0.2, -0.15) is 4.31 Å². The third-order valence-electron chi connectivity index (χ3n) is 4.20. The smallest absolute Gasteiger partial charge is 0.243 e. The lowest BCUT2D eigenvalue weighted by Crippen LogP contribution is -2.54. The predicted molar refractivity (Wildman–Crippen MR) is 94.5 cm³/mol. The number of nitrogens with one attached hydrogen (secondary N) is 1. The third-order valence-corrected chi connectivity index (χ3v) is 6.37. The number of amides is 1. The Morgan fingerprint density at radius 3 is 2.33 bits per heavy atom. The number of hydrogen-bond donors (Lipinski definition) is 1. The molecule has 8 heteroatoms. The second-order valence-electron chi connectivity index (χ2n) is 5.86. The molecule has 1 heterocycles. The van der Waals surface area contributed by atoms with Gasteiger partial charge in [0.05, 0.1) is 10.9 Å². The van der Waals surface area contributed by atoms with Crippen molar-refractivity contribution >= 4 is 27.5 Å². The van der Waals surface area contributed by atoms with Crippen LogP contribution in [0.3, 0.4) is 0 Å². The summed E-state index contributed by atoms with van der Waals surface area (Å²) in [5, 5.41) is 3.38. The zero-order chi connectivity index (χ0) is 17.7. The van der Waals surface area contributed by atoms with E-state index in [1.54, 1.807) is 12.1 Å². The van der Waals surface area contributed by atoms with Crippen LogP contribution in [0.15, 0.2) is 29.2 Å². The van der Waals surface area contributed by atoms with Crippen LogP contribution in [0.1, 0.15) is 20.3 Å². The first-order valence-electron chi connectivity index (χ1n) is 8.13. The highest BCUT2D eigenvalue weighted by molar-refractivity contribution is 7.89. The van der Waals surface area contributed by atoms with Crippen molar-refractivity contribution in [3.63, 3.8) is 0 Å². The zero-order valence-electron chi connectivity index (χ0n) is 14.0. The van der Waals surface area contributed by atoms with Crippen LogP contribution in [0.2, 0.25) is 5.02 Å². The summed E-state index contributed by atoms with van der Waals surface area (Å²) in [6.07, 6.45) is 0.894. The minimum absolute atomic E-state index is 0.00846. The van der Waals surface area contributed by atoms with Crippen LogP contribution < -0.4 is 5.32 Å². The topological polar surface area (TPSA) is 69.7 Å². The fourth-order valence-electron chi connectivity index (χ4n) is 2.65. The maximum atomic E-state index is 12.6. The van der Waals surface area contributed by atoms with Gasteiger partial charge in [0.15, 0.2) is 0 Å². The standard InChI is InChI=1S/C16H24ClN3O3S/c1-3-8-18-16(21)13(2)19-9-11-20(12-10-19)24(22,23)15-6-4-14(17)5-7-15/h4-7,13H,3,8-12H2,1-2H3,(H,18,21)/t13-/m1/s1. The van der Waals surface area contributed by atoms with Crippen LogP contribution in [-0.4, -0.2) is 62.3 Å². The first-order chi connectivity index (χ1) is 11.4. The van der Waals surface area contributed by atoms with Gasteiger partial charge in [0.2, 0.25) is 15.9 Å². The normalized spacial score (nSPS) is 18.3. The number of carbonyl (C=O) groups is 1. The molecule has 1 aliphatic rings. The van der Waals surface area contributed by atoms with Crippen molar-refractivity contribution in [1.82, 2.24) is 14.5 Å². The Bertz CT molecular complexity index is 656. The predicted octanol–water partition coefficient (Wildman–Crippen LogP) is 1.56. The van der Waals surface area contributed by atoms with Gasteiger partial charge in [-0.25, -0.2) is 8.42 Å². The van der Waals surface area contributed by atoms with Gasteiger partial charge in [-0.3, -0.25) is 9.69 Å². The van der Waals surface area contributed by atoms with E-state index in [1.165, 1.54) is 16.4 Å². The molecule has 1 atom stereocenters. The van der Waals surface area contributed by atoms with Crippen LogP contribution in [0, 0.1) is 0 Å². The molecule has 1 amide bonds. The molecule has 24 heavy (non-hydrogen) atoms. The van der Waals surface area contributed by atoms with Crippen molar-refractivity contribution in [2.45, 2.75) is 31.2 Å². The molecule has 1 aromatic carbocycles. The van der Waals surface area contributed by atoms with E-state index < -0.39 is 10.0 Å². The lowest BCUT2D eigenvalue weighted by Gasteiger charge is -2.36. The maximum Gasteiger partial charge on any atom is 0.243 e. The van der Waals surface area contributed by atoms with E-state index in [4.69, 9.17) is 11.6 Å². The van der Waals surface area contributed by atoms with Gasteiger partial charge in [0.1, 0.15) is 0 Å². The molecule has 0 aliphatic carbocycles. The van der Waals surface area contributed by atoms with E-state index in [-0.39, 0.29) is 16.8 Å². The first kappa shape index (κ1) is 19.2. The van der Waals surface area contributed by atoms with Gasteiger partial charge < -0.3 is 5.32 Å². The Hall–Kier alpha value is -1.15. The molecule has 0 unspecified atom stereocenters. The molecule has 0 aromatic heterocycles. The highest BCUT2D eigenvalue weighted by Gasteiger charge is 2.31. The fourth-order valence-corrected chi connectivity index (χ4v) is 4.20. The Balaban J connectivity index is 1.96. The van der Waals surface area contributed by atoms with Gasteiger partial charge >= 0.3 is 0 Å². The number of halogens is 1. The Morgan fingerprint density at radius 2 is 1.79 bits per heavy atom. The number of piperazine rings is 1. The molecule has 0 saturated carbocycles. The average Bonchev–Trinajstić information content (AvgIpc) is 2.59.